The standard InChI is InChI=1S/C19H25N3O7/c1-12(18(26)27)21-17(25)16(24)14-8-5-9-22(14)15(23)10-20-19(28)29-11-13-6-3-2-4-7-13/h2-4,6-7,12,14,16,24H,5,8-11H2,1H3,(H,20,28)(H,21,25)(H,26,27). The Hall–Kier alpha value is -3.14. The molecule has 1 aliphatic rings. The van der Waals surface area contributed by atoms with Crippen molar-refractivity contribution in [3.8, 4) is 0 Å². The van der Waals surface area contributed by atoms with Crippen LogP contribution in [0.4, 0.5) is 4.79 Å². The van der Waals surface area contributed by atoms with Crippen LogP contribution < -0.4 is 10.6 Å². The number of nitrogens with one attached hydrogen (secondary N) is 2. The van der Waals surface area contributed by atoms with E-state index in [-0.39, 0.29) is 13.2 Å². The van der Waals surface area contributed by atoms with Gasteiger partial charge in [-0.15, -0.1) is 0 Å². The second-order valence-electron chi connectivity index (χ2n) is 6.73. The fourth-order valence-electron chi connectivity index (χ4n) is 2.99. The van der Waals surface area contributed by atoms with Gasteiger partial charge in [0.15, 0.2) is 6.10 Å². The minimum absolute atomic E-state index is 0.0633. The number of carboxylic acid groups (broad SMARTS) is 1. The molecule has 1 aromatic carbocycles. The Morgan fingerprint density at radius 2 is 1.93 bits per heavy atom. The number of ether oxygens (including phenoxy) is 1. The van der Waals surface area contributed by atoms with Gasteiger partial charge in [-0.25, -0.2) is 4.79 Å². The van der Waals surface area contributed by atoms with Gasteiger partial charge in [-0.2, -0.15) is 0 Å². The first-order valence-electron chi connectivity index (χ1n) is 9.25. The van der Waals surface area contributed by atoms with E-state index in [0.717, 1.165) is 5.56 Å². The summed E-state index contributed by atoms with van der Waals surface area (Å²) >= 11 is 0. The number of hydrogen-bond donors (Lipinski definition) is 4. The summed E-state index contributed by atoms with van der Waals surface area (Å²) in [5.74, 6) is -2.56. The van der Waals surface area contributed by atoms with E-state index < -0.39 is 42.1 Å². The third-order valence-corrected chi connectivity index (χ3v) is 4.58. The number of aliphatic hydroxyl groups is 1. The van der Waals surface area contributed by atoms with Crippen molar-refractivity contribution >= 4 is 23.9 Å². The molecule has 3 atom stereocenters. The van der Waals surface area contributed by atoms with Gasteiger partial charge in [0, 0.05) is 6.54 Å². The summed E-state index contributed by atoms with van der Waals surface area (Å²) in [6.45, 7) is 1.32. The number of rotatable bonds is 8. The van der Waals surface area contributed by atoms with Crippen molar-refractivity contribution in [2.75, 3.05) is 13.1 Å². The topological polar surface area (TPSA) is 145 Å². The number of amides is 3. The summed E-state index contributed by atoms with van der Waals surface area (Å²) < 4.78 is 5.03. The molecule has 10 heteroatoms. The Bertz CT molecular complexity index is 741. The van der Waals surface area contributed by atoms with Gasteiger partial charge in [0.25, 0.3) is 5.91 Å². The van der Waals surface area contributed by atoms with Crippen molar-refractivity contribution < 1.29 is 34.1 Å². The predicted octanol–water partition coefficient (Wildman–Crippen LogP) is -0.146. The van der Waals surface area contributed by atoms with Crippen LogP contribution in [0.15, 0.2) is 30.3 Å². The maximum Gasteiger partial charge on any atom is 0.407 e. The van der Waals surface area contributed by atoms with Crippen LogP contribution in [-0.2, 0) is 25.7 Å². The lowest BCUT2D eigenvalue weighted by atomic mass is 10.1. The van der Waals surface area contributed by atoms with Crippen molar-refractivity contribution in [2.45, 2.75) is 44.6 Å². The molecule has 1 aromatic rings. The van der Waals surface area contributed by atoms with Gasteiger partial charge in [0.05, 0.1) is 6.04 Å². The third kappa shape index (κ3) is 6.46. The molecule has 29 heavy (non-hydrogen) atoms. The molecule has 2 rings (SSSR count). The van der Waals surface area contributed by atoms with Gasteiger partial charge in [-0.05, 0) is 25.3 Å². The minimum atomic E-state index is -1.56. The molecule has 4 N–H and O–H groups in total. The summed E-state index contributed by atoms with van der Waals surface area (Å²) in [6, 6.07) is 7.11. The van der Waals surface area contributed by atoms with Gasteiger partial charge in [-0.1, -0.05) is 30.3 Å². The molecule has 0 aliphatic carbocycles. The molecule has 1 saturated heterocycles. The number of likely N-dealkylation sites (tertiary alicyclic amines) is 1. The Labute approximate surface area is 167 Å². The lowest BCUT2D eigenvalue weighted by Crippen LogP contribution is -2.53. The molecule has 3 amide bonds. The van der Waals surface area contributed by atoms with E-state index in [2.05, 4.69) is 10.6 Å². The highest BCUT2D eigenvalue weighted by Gasteiger charge is 2.38. The lowest BCUT2D eigenvalue weighted by Gasteiger charge is -2.28. The van der Waals surface area contributed by atoms with Crippen LogP contribution in [-0.4, -0.2) is 70.3 Å². The SMILES string of the molecule is CC(NC(=O)C(O)C1CCCN1C(=O)CNC(=O)OCc1ccccc1)C(=O)O. The number of benzene rings is 1. The molecule has 3 unspecified atom stereocenters. The van der Waals surface area contributed by atoms with Crippen molar-refractivity contribution in [1.29, 1.82) is 0 Å². The third-order valence-electron chi connectivity index (χ3n) is 4.58. The predicted molar refractivity (Wildman–Crippen MR) is 101 cm³/mol. The Morgan fingerprint density at radius 3 is 2.59 bits per heavy atom. The number of nitrogens with zero attached hydrogens (tertiary/aromatic N) is 1. The van der Waals surface area contributed by atoms with Crippen molar-refractivity contribution in [3.63, 3.8) is 0 Å². The number of alkyl carbamates (subject to hydrolysis) is 1. The quantitative estimate of drug-likeness (QED) is 0.469. The van der Waals surface area contributed by atoms with E-state index in [4.69, 9.17) is 9.84 Å². The average Bonchev–Trinajstić information content (AvgIpc) is 3.20. The molecule has 1 fully saturated rings. The first kappa shape index (κ1) is 22.2. The zero-order valence-corrected chi connectivity index (χ0v) is 16.0. The molecule has 0 radical (unpaired) electrons. The van der Waals surface area contributed by atoms with Crippen LogP contribution in [0.2, 0.25) is 0 Å². The fraction of sp³-hybridized carbons (Fsp3) is 0.474. The molecular formula is C19H25N3O7. The van der Waals surface area contributed by atoms with Gasteiger partial charge < -0.3 is 30.5 Å². The molecule has 0 saturated carbocycles. The van der Waals surface area contributed by atoms with E-state index >= 15 is 0 Å². The number of carbonyl (C=O) groups excluding carboxylic acids is 3. The smallest absolute Gasteiger partial charge is 0.407 e. The van der Waals surface area contributed by atoms with Crippen LogP contribution in [0, 0.1) is 0 Å². The number of carboxylic acids is 1. The normalized spacial score (nSPS) is 17.9. The summed E-state index contributed by atoms with van der Waals surface area (Å²) in [4.78, 5) is 48.4. The Balaban J connectivity index is 1.81. The van der Waals surface area contributed by atoms with Crippen LogP contribution in [0.25, 0.3) is 0 Å². The molecule has 1 aliphatic heterocycles. The molecule has 0 bridgehead atoms. The van der Waals surface area contributed by atoms with Crippen LogP contribution >= 0.6 is 0 Å². The van der Waals surface area contributed by atoms with Gasteiger partial charge in [0.2, 0.25) is 5.91 Å². The van der Waals surface area contributed by atoms with Crippen molar-refractivity contribution in [3.05, 3.63) is 35.9 Å². The van der Waals surface area contributed by atoms with Crippen LogP contribution in [0.1, 0.15) is 25.3 Å². The molecule has 10 nitrogen and oxygen atoms in total. The fourth-order valence-corrected chi connectivity index (χ4v) is 2.99. The summed E-state index contributed by atoms with van der Waals surface area (Å²) in [7, 11) is 0. The van der Waals surface area contributed by atoms with Crippen molar-refractivity contribution in [2.24, 2.45) is 0 Å². The zero-order chi connectivity index (χ0) is 21.4. The molecular weight excluding hydrogens is 382 g/mol. The highest BCUT2D eigenvalue weighted by molar-refractivity contribution is 5.88. The highest BCUT2D eigenvalue weighted by Crippen LogP contribution is 2.20. The number of aliphatic carboxylic acids is 1. The first-order chi connectivity index (χ1) is 13.8. The van der Waals surface area contributed by atoms with Crippen LogP contribution in [0.5, 0.6) is 0 Å². The number of hydrogen-bond acceptors (Lipinski definition) is 6. The number of carbonyl (C=O) groups is 4. The molecule has 0 spiro atoms. The average molecular weight is 407 g/mol. The van der Waals surface area contributed by atoms with E-state index in [9.17, 15) is 24.3 Å². The first-order valence-corrected chi connectivity index (χ1v) is 9.25. The second kappa shape index (κ2) is 10.4. The maximum atomic E-state index is 12.4. The van der Waals surface area contributed by atoms with Gasteiger partial charge in [-0.3, -0.25) is 14.4 Å². The summed E-state index contributed by atoms with van der Waals surface area (Å²) in [5.41, 5.74) is 0.804. The lowest BCUT2D eigenvalue weighted by molar-refractivity contribution is -0.145. The molecule has 1 heterocycles. The van der Waals surface area contributed by atoms with Gasteiger partial charge in [0.1, 0.15) is 19.2 Å². The molecule has 158 valence electrons. The zero-order valence-electron chi connectivity index (χ0n) is 16.0. The van der Waals surface area contributed by atoms with E-state index in [1.807, 2.05) is 18.2 Å². The Morgan fingerprint density at radius 1 is 1.24 bits per heavy atom. The Kier molecular flexibility index (Phi) is 7.96. The largest absolute Gasteiger partial charge is 0.480 e. The van der Waals surface area contributed by atoms with E-state index in [0.29, 0.717) is 19.4 Å². The minimum Gasteiger partial charge on any atom is -0.480 e. The van der Waals surface area contributed by atoms with Crippen molar-refractivity contribution in [1.82, 2.24) is 15.5 Å². The summed E-state index contributed by atoms with van der Waals surface area (Å²) in [6.07, 6.45) is -1.35. The summed E-state index contributed by atoms with van der Waals surface area (Å²) in [5, 5.41) is 23.6. The molecule has 0 aromatic heterocycles. The number of aliphatic hydroxyl groups excluding tert-OH is 1. The highest BCUT2D eigenvalue weighted by atomic mass is 16.5. The maximum absolute atomic E-state index is 12.4. The monoisotopic (exact) mass is 407 g/mol. The van der Waals surface area contributed by atoms with Gasteiger partial charge >= 0.3 is 12.1 Å². The van der Waals surface area contributed by atoms with Crippen LogP contribution in [0.3, 0.4) is 0 Å². The van der Waals surface area contributed by atoms with E-state index in [1.54, 1.807) is 12.1 Å². The van der Waals surface area contributed by atoms with E-state index in [1.165, 1.54) is 11.8 Å². The second-order valence-corrected chi connectivity index (χ2v) is 6.73.